The Labute approximate surface area is 214 Å². The average Bonchev–Trinajstić information content (AvgIpc) is 2.85. The lowest BCUT2D eigenvalue weighted by Crippen LogP contribution is -2.29. The molecule has 202 valence electrons. The largest absolute Gasteiger partial charge is 0.465 e. The molecule has 0 bridgehead atoms. The Morgan fingerprint density at radius 2 is 1.43 bits per heavy atom. The van der Waals surface area contributed by atoms with Gasteiger partial charge in [0.2, 0.25) is 0 Å². The van der Waals surface area contributed by atoms with Gasteiger partial charge in [-0.1, -0.05) is 65.4 Å². The zero-order valence-corrected chi connectivity index (χ0v) is 22.9. The SMILES string of the molecule is C=C(C)C(=O)OCC(COC(=O)C(C)CO)CC1CCC(C2CCC(CCCC(C)C)CC2)CC1. The van der Waals surface area contributed by atoms with Gasteiger partial charge in [0, 0.05) is 11.5 Å². The van der Waals surface area contributed by atoms with E-state index in [-0.39, 0.29) is 25.7 Å². The molecule has 35 heavy (non-hydrogen) atoms. The third-order valence-corrected chi connectivity index (χ3v) is 8.45. The maximum absolute atomic E-state index is 12.0. The van der Waals surface area contributed by atoms with Crippen LogP contribution in [0.5, 0.6) is 0 Å². The highest BCUT2D eigenvalue weighted by atomic mass is 16.5. The molecule has 0 spiro atoms. The quantitative estimate of drug-likeness (QED) is 0.215. The van der Waals surface area contributed by atoms with E-state index in [0.29, 0.717) is 11.5 Å². The van der Waals surface area contributed by atoms with Crippen molar-refractivity contribution in [1.29, 1.82) is 0 Å². The first-order valence-corrected chi connectivity index (χ1v) is 14.3. The van der Waals surface area contributed by atoms with Gasteiger partial charge in [-0.15, -0.1) is 0 Å². The molecule has 0 amide bonds. The van der Waals surface area contributed by atoms with Crippen molar-refractivity contribution >= 4 is 11.9 Å². The molecule has 5 heteroatoms. The number of aliphatic hydroxyl groups is 1. The number of rotatable bonds is 14. The van der Waals surface area contributed by atoms with Gasteiger partial charge in [0.1, 0.15) is 0 Å². The van der Waals surface area contributed by atoms with Crippen molar-refractivity contribution in [2.24, 2.45) is 41.4 Å². The molecule has 0 aromatic heterocycles. The number of hydrogen-bond acceptors (Lipinski definition) is 5. The molecule has 0 saturated heterocycles. The fourth-order valence-corrected chi connectivity index (χ4v) is 6.05. The summed E-state index contributed by atoms with van der Waals surface area (Å²) in [5, 5.41) is 9.19. The van der Waals surface area contributed by atoms with Crippen molar-refractivity contribution in [2.75, 3.05) is 19.8 Å². The monoisotopic (exact) mass is 492 g/mol. The molecule has 0 heterocycles. The van der Waals surface area contributed by atoms with Gasteiger partial charge in [-0.2, -0.15) is 0 Å². The molecule has 2 fully saturated rings. The predicted octanol–water partition coefficient (Wildman–Crippen LogP) is 6.72. The Hall–Kier alpha value is -1.36. The Morgan fingerprint density at radius 3 is 1.94 bits per heavy atom. The van der Waals surface area contributed by atoms with Crippen molar-refractivity contribution in [1.82, 2.24) is 0 Å². The van der Waals surface area contributed by atoms with Crippen LogP contribution in [0, 0.1) is 41.4 Å². The van der Waals surface area contributed by atoms with Gasteiger partial charge in [-0.25, -0.2) is 4.79 Å². The smallest absolute Gasteiger partial charge is 0.333 e. The summed E-state index contributed by atoms with van der Waals surface area (Å²) in [5.74, 6) is 2.80. The number of hydrogen-bond donors (Lipinski definition) is 1. The zero-order chi connectivity index (χ0) is 25.8. The van der Waals surface area contributed by atoms with Crippen LogP contribution < -0.4 is 0 Å². The van der Waals surface area contributed by atoms with Gasteiger partial charge < -0.3 is 14.6 Å². The summed E-state index contributed by atoms with van der Waals surface area (Å²) < 4.78 is 10.9. The van der Waals surface area contributed by atoms with Crippen LogP contribution >= 0.6 is 0 Å². The maximum Gasteiger partial charge on any atom is 0.333 e. The molecule has 2 unspecified atom stereocenters. The molecule has 2 rings (SSSR count). The summed E-state index contributed by atoms with van der Waals surface area (Å²) in [6.45, 7) is 11.8. The fraction of sp³-hybridized carbons (Fsp3) is 0.867. The van der Waals surface area contributed by atoms with Crippen LogP contribution in [0.15, 0.2) is 12.2 Å². The summed E-state index contributed by atoms with van der Waals surface area (Å²) >= 11 is 0. The van der Waals surface area contributed by atoms with Crippen molar-refractivity contribution in [3.63, 3.8) is 0 Å². The van der Waals surface area contributed by atoms with Gasteiger partial charge in [-0.05, 0) is 75.5 Å². The molecule has 0 radical (unpaired) electrons. The molecule has 0 aromatic rings. The average molecular weight is 493 g/mol. The van der Waals surface area contributed by atoms with Crippen LogP contribution in [0.3, 0.4) is 0 Å². The Kier molecular flexibility index (Phi) is 13.4. The molecule has 2 aliphatic carbocycles. The fourth-order valence-electron chi connectivity index (χ4n) is 6.05. The van der Waals surface area contributed by atoms with E-state index in [4.69, 9.17) is 9.47 Å². The highest BCUT2D eigenvalue weighted by Gasteiger charge is 2.32. The molecule has 2 aliphatic rings. The molecular weight excluding hydrogens is 440 g/mol. The van der Waals surface area contributed by atoms with Gasteiger partial charge >= 0.3 is 11.9 Å². The number of esters is 2. The van der Waals surface area contributed by atoms with Gasteiger partial charge in [0.05, 0.1) is 25.7 Å². The van der Waals surface area contributed by atoms with E-state index in [1.165, 1.54) is 70.6 Å². The van der Waals surface area contributed by atoms with Crippen molar-refractivity contribution in [3.8, 4) is 0 Å². The third kappa shape index (κ3) is 11.1. The first kappa shape index (κ1) is 29.9. The molecule has 5 nitrogen and oxygen atoms in total. The molecule has 2 atom stereocenters. The Bertz CT molecular complexity index is 641. The van der Waals surface area contributed by atoms with Crippen molar-refractivity contribution in [3.05, 3.63) is 12.2 Å². The van der Waals surface area contributed by atoms with Gasteiger partial charge in [-0.3, -0.25) is 4.79 Å². The number of carbonyl (C=O) groups is 2. The molecular formula is C30H52O5. The minimum absolute atomic E-state index is 0.0176. The lowest BCUT2D eigenvalue weighted by atomic mass is 9.68. The van der Waals surface area contributed by atoms with E-state index in [1.807, 2.05) is 0 Å². The van der Waals surface area contributed by atoms with Crippen LogP contribution in [0.25, 0.3) is 0 Å². The second-order valence-corrected chi connectivity index (χ2v) is 12.1. The van der Waals surface area contributed by atoms with Gasteiger partial charge in [0.25, 0.3) is 0 Å². The maximum atomic E-state index is 12.0. The molecule has 2 saturated carbocycles. The molecule has 0 aliphatic heterocycles. The minimum atomic E-state index is -0.533. The highest BCUT2D eigenvalue weighted by Crippen LogP contribution is 2.43. The molecule has 1 N–H and O–H groups in total. The van der Waals surface area contributed by atoms with E-state index in [2.05, 4.69) is 20.4 Å². The second-order valence-electron chi connectivity index (χ2n) is 12.1. The summed E-state index contributed by atoms with van der Waals surface area (Å²) in [7, 11) is 0. The lowest BCUT2D eigenvalue weighted by Gasteiger charge is -2.38. The summed E-state index contributed by atoms with van der Waals surface area (Å²) in [4.78, 5) is 23.9. The molecule has 0 aromatic carbocycles. The number of carbonyl (C=O) groups excluding carboxylic acids is 2. The Morgan fingerprint density at radius 1 is 0.886 bits per heavy atom. The normalized spacial score (nSPS) is 26.7. The standard InChI is InChI=1S/C30H52O5/c1-21(2)7-6-8-24-9-13-27(14-10-24)28-15-11-25(12-16-28)17-26(19-34-29(32)22(3)4)20-35-30(33)23(5)18-31/h21,23-28,31H,3,6-20H2,1-2,4-5H3. The van der Waals surface area contributed by atoms with E-state index in [9.17, 15) is 14.7 Å². The topological polar surface area (TPSA) is 72.8 Å². The van der Waals surface area contributed by atoms with Crippen LogP contribution in [0.2, 0.25) is 0 Å². The van der Waals surface area contributed by atoms with E-state index in [1.54, 1.807) is 13.8 Å². The first-order chi connectivity index (χ1) is 16.7. The van der Waals surface area contributed by atoms with Gasteiger partial charge in [0.15, 0.2) is 0 Å². The first-order valence-electron chi connectivity index (χ1n) is 14.3. The van der Waals surface area contributed by atoms with Crippen LogP contribution in [-0.4, -0.2) is 36.9 Å². The third-order valence-electron chi connectivity index (χ3n) is 8.45. The minimum Gasteiger partial charge on any atom is -0.465 e. The van der Waals surface area contributed by atoms with Crippen molar-refractivity contribution in [2.45, 2.75) is 105 Å². The predicted molar refractivity (Wildman–Crippen MR) is 141 cm³/mol. The summed E-state index contributed by atoms with van der Waals surface area (Å²) in [6.07, 6.45) is 15.8. The van der Waals surface area contributed by atoms with Crippen LogP contribution in [0.4, 0.5) is 0 Å². The van der Waals surface area contributed by atoms with E-state index < -0.39 is 17.9 Å². The highest BCUT2D eigenvalue weighted by molar-refractivity contribution is 5.86. The zero-order valence-electron chi connectivity index (χ0n) is 22.9. The van der Waals surface area contributed by atoms with E-state index in [0.717, 1.165) is 30.1 Å². The lowest BCUT2D eigenvalue weighted by molar-refractivity contribution is -0.152. The summed E-state index contributed by atoms with van der Waals surface area (Å²) in [6, 6.07) is 0. The number of aliphatic hydroxyl groups excluding tert-OH is 1. The summed E-state index contributed by atoms with van der Waals surface area (Å²) in [5.41, 5.74) is 0.379. The number of ether oxygens (including phenoxy) is 2. The Balaban J connectivity index is 1.76. The van der Waals surface area contributed by atoms with Crippen LogP contribution in [-0.2, 0) is 19.1 Å². The van der Waals surface area contributed by atoms with Crippen LogP contribution in [0.1, 0.15) is 105 Å². The van der Waals surface area contributed by atoms with Crippen molar-refractivity contribution < 1.29 is 24.2 Å². The second kappa shape index (κ2) is 15.7. The van der Waals surface area contributed by atoms with E-state index >= 15 is 0 Å².